The van der Waals surface area contributed by atoms with Crippen LogP contribution in [0.4, 0.5) is 5.69 Å². The number of nitrogens with one attached hydrogen (secondary N) is 3. The summed E-state index contributed by atoms with van der Waals surface area (Å²) in [4.78, 5) is 24.1. The second kappa shape index (κ2) is 10.7. The third-order valence-electron chi connectivity index (χ3n) is 6.24. The molecule has 2 saturated heterocycles. The highest BCUT2D eigenvalue weighted by atomic mass is 32.1. The first-order chi connectivity index (χ1) is 16.7. The van der Waals surface area contributed by atoms with Crippen molar-refractivity contribution in [2.24, 2.45) is 5.92 Å². The molecule has 1 aromatic carbocycles. The average molecular weight is 480 g/mol. The van der Waals surface area contributed by atoms with E-state index in [0.29, 0.717) is 19.0 Å². The van der Waals surface area contributed by atoms with Gasteiger partial charge in [0.1, 0.15) is 0 Å². The van der Waals surface area contributed by atoms with Gasteiger partial charge in [0, 0.05) is 46.9 Å². The summed E-state index contributed by atoms with van der Waals surface area (Å²) in [7, 11) is 0. The minimum absolute atomic E-state index is 0.00176. The molecule has 5 rings (SSSR count). The Balaban J connectivity index is 1.44. The second-order valence-corrected chi connectivity index (χ2v) is 9.75. The second-order valence-electron chi connectivity index (χ2n) is 8.58. The van der Waals surface area contributed by atoms with Crippen molar-refractivity contribution in [3.05, 3.63) is 53.0 Å². The molecule has 4 heterocycles. The van der Waals surface area contributed by atoms with Crippen molar-refractivity contribution in [1.29, 1.82) is 0 Å². The number of morpholine rings is 1. The number of carbonyl (C=O) groups excluding carboxylic acids is 1. The Bertz CT molecular complexity index is 1140. The first-order valence-electron chi connectivity index (χ1n) is 11.7. The van der Waals surface area contributed by atoms with Crippen LogP contribution in [-0.2, 0) is 16.1 Å². The Morgan fingerprint density at radius 2 is 2.06 bits per heavy atom. The number of aliphatic hydroxyl groups is 1. The lowest BCUT2D eigenvalue weighted by molar-refractivity contribution is -0.120. The van der Waals surface area contributed by atoms with Crippen molar-refractivity contribution in [3.63, 3.8) is 0 Å². The SMILES string of the molecule is O=C(Nc1cccc(-c2ncc(C3CNCCO3)c(-c3ccc(CO)s3)n2)c1)C1CCNCC1. The molecule has 0 saturated carbocycles. The molecule has 4 N–H and O–H groups in total. The number of hydrogen-bond donors (Lipinski definition) is 4. The molecule has 9 heteroatoms. The summed E-state index contributed by atoms with van der Waals surface area (Å²) >= 11 is 1.52. The van der Waals surface area contributed by atoms with Gasteiger partial charge in [-0.2, -0.15) is 0 Å². The van der Waals surface area contributed by atoms with Gasteiger partial charge < -0.3 is 25.8 Å². The zero-order valence-electron chi connectivity index (χ0n) is 18.9. The number of thiophene rings is 1. The molecule has 2 aromatic heterocycles. The number of piperidine rings is 1. The molecular formula is C25H29N5O3S. The van der Waals surface area contributed by atoms with Crippen LogP contribution < -0.4 is 16.0 Å². The Morgan fingerprint density at radius 3 is 2.82 bits per heavy atom. The average Bonchev–Trinajstić information content (AvgIpc) is 3.39. The van der Waals surface area contributed by atoms with E-state index in [0.717, 1.165) is 64.7 Å². The quantitative estimate of drug-likeness (QED) is 0.430. The van der Waals surface area contributed by atoms with Crippen LogP contribution in [0.5, 0.6) is 0 Å². The lowest BCUT2D eigenvalue weighted by Gasteiger charge is -2.25. The van der Waals surface area contributed by atoms with Crippen molar-refractivity contribution in [2.75, 3.05) is 38.1 Å². The third-order valence-corrected chi connectivity index (χ3v) is 7.32. The van der Waals surface area contributed by atoms with E-state index in [2.05, 4.69) is 20.9 Å². The maximum absolute atomic E-state index is 12.7. The van der Waals surface area contributed by atoms with Gasteiger partial charge in [0.25, 0.3) is 0 Å². The number of aromatic nitrogens is 2. The predicted octanol–water partition coefficient (Wildman–Crippen LogP) is 2.96. The van der Waals surface area contributed by atoms with E-state index in [4.69, 9.17) is 9.72 Å². The molecule has 0 bridgehead atoms. The third kappa shape index (κ3) is 5.18. The molecule has 8 nitrogen and oxygen atoms in total. The van der Waals surface area contributed by atoms with Crippen LogP contribution in [0.3, 0.4) is 0 Å². The van der Waals surface area contributed by atoms with Crippen LogP contribution in [0.2, 0.25) is 0 Å². The number of nitrogens with zero attached hydrogens (tertiary/aromatic N) is 2. The fourth-order valence-corrected chi connectivity index (χ4v) is 5.26. The summed E-state index contributed by atoms with van der Waals surface area (Å²) in [6.45, 7) is 3.92. The molecule has 0 spiro atoms. The van der Waals surface area contributed by atoms with Crippen molar-refractivity contribution in [1.82, 2.24) is 20.6 Å². The number of carbonyl (C=O) groups is 1. The molecule has 1 amide bonds. The van der Waals surface area contributed by atoms with Gasteiger partial charge in [0.05, 0.1) is 29.9 Å². The van der Waals surface area contributed by atoms with Gasteiger partial charge in [-0.25, -0.2) is 9.97 Å². The summed E-state index contributed by atoms with van der Waals surface area (Å²) in [5.74, 6) is 0.683. The Labute approximate surface area is 202 Å². The summed E-state index contributed by atoms with van der Waals surface area (Å²) in [6.07, 6.45) is 3.42. The van der Waals surface area contributed by atoms with Crippen LogP contribution in [0, 0.1) is 5.92 Å². The van der Waals surface area contributed by atoms with Crippen molar-refractivity contribution >= 4 is 22.9 Å². The Kier molecular flexibility index (Phi) is 7.27. The van der Waals surface area contributed by atoms with Gasteiger partial charge in [0.15, 0.2) is 5.82 Å². The summed E-state index contributed by atoms with van der Waals surface area (Å²) in [5, 5.41) is 19.3. The minimum Gasteiger partial charge on any atom is -0.391 e. The van der Waals surface area contributed by atoms with Gasteiger partial charge in [-0.15, -0.1) is 11.3 Å². The van der Waals surface area contributed by atoms with Crippen LogP contribution in [-0.4, -0.2) is 53.8 Å². The Morgan fingerprint density at radius 1 is 1.18 bits per heavy atom. The maximum Gasteiger partial charge on any atom is 0.227 e. The van der Waals surface area contributed by atoms with E-state index in [-0.39, 0.29) is 24.5 Å². The van der Waals surface area contributed by atoms with E-state index in [1.54, 1.807) is 0 Å². The van der Waals surface area contributed by atoms with Gasteiger partial charge in [-0.1, -0.05) is 12.1 Å². The van der Waals surface area contributed by atoms with Crippen LogP contribution in [0.15, 0.2) is 42.6 Å². The number of benzene rings is 1. The summed E-state index contributed by atoms with van der Waals surface area (Å²) in [5.41, 5.74) is 3.32. The minimum atomic E-state index is -0.131. The van der Waals surface area contributed by atoms with Crippen LogP contribution in [0.25, 0.3) is 22.0 Å². The molecule has 1 atom stereocenters. The van der Waals surface area contributed by atoms with Crippen molar-refractivity contribution in [3.8, 4) is 22.0 Å². The first kappa shape index (κ1) is 23.1. The number of amides is 1. The lowest BCUT2D eigenvalue weighted by atomic mass is 9.97. The molecule has 178 valence electrons. The molecule has 2 aliphatic heterocycles. The summed E-state index contributed by atoms with van der Waals surface area (Å²) in [6, 6.07) is 11.6. The fraction of sp³-hybridized carbons (Fsp3) is 0.400. The van der Waals surface area contributed by atoms with Gasteiger partial charge in [0.2, 0.25) is 5.91 Å². The molecule has 2 fully saturated rings. The number of rotatable bonds is 6. The number of aliphatic hydroxyl groups excluding tert-OH is 1. The number of hydrogen-bond acceptors (Lipinski definition) is 8. The molecule has 0 aliphatic carbocycles. The van der Waals surface area contributed by atoms with E-state index >= 15 is 0 Å². The van der Waals surface area contributed by atoms with Crippen LogP contribution >= 0.6 is 11.3 Å². The topological polar surface area (TPSA) is 108 Å². The largest absolute Gasteiger partial charge is 0.391 e. The summed E-state index contributed by atoms with van der Waals surface area (Å²) < 4.78 is 5.99. The van der Waals surface area contributed by atoms with E-state index in [1.807, 2.05) is 42.6 Å². The number of anilines is 1. The zero-order chi connectivity index (χ0) is 23.3. The van der Waals surface area contributed by atoms with Gasteiger partial charge in [-0.05, 0) is 50.2 Å². The standard InChI is InChI=1S/C25H29N5O3S/c31-15-19-4-5-22(34-19)23-20(21-14-27-10-11-33-21)13-28-24(30-23)17-2-1-3-18(12-17)29-25(32)16-6-8-26-9-7-16/h1-5,12-13,16,21,26-27,31H,6-11,14-15H2,(H,29,32). The van der Waals surface area contributed by atoms with Crippen LogP contribution in [0.1, 0.15) is 29.4 Å². The zero-order valence-corrected chi connectivity index (χ0v) is 19.7. The highest BCUT2D eigenvalue weighted by Gasteiger charge is 2.24. The van der Waals surface area contributed by atoms with E-state index < -0.39 is 0 Å². The highest BCUT2D eigenvalue weighted by molar-refractivity contribution is 7.15. The highest BCUT2D eigenvalue weighted by Crippen LogP contribution is 2.35. The molecule has 2 aliphatic rings. The number of ether oxygens (including phenoxy) is 1. The van der Waals surface area contributed by atoms with Gasteiger partial charge in [-0.3, -0.25) is 4.79 Å². The van der Waals surface area contributed by atoms with E-state index in [1.165, 1.54) is 11.3 Å². The van der Waals surface area contributed by atoms with Crippen molar-refractivity contribution < 1.29 is 14.6 Å². The molecular weight excluding hydrogens is 450 g/mol. The molecule has 34 heavy (non-hydrogen) atoms. The lowest BCUT2D eigenvalue weighted by Crippen LogP contribution is -2.34. The first-order valence-corrected chi connectivity index (χ1v) is 12.5. The molecule has 1 unspecified atom stereocenters. The maximum atomic E-state index is 12.7. The fourth-order valence-electron chi connectivity index (χ4n) is 4.38. The van der Waals surface area contributed by atoms with E-state index in [9.17, 15) is 9.90 Å². The Hall–Kier alpha value is -2.69. The molecule has 0 radical (unpaired) electrons. The molecule has 3 aromatic rings. The van der Waals surface area contributed by atoms with Gasteiger partial charge >= 0.3 is 0 Å². The predicted molar refractivity (Wildman–Crippen MR) is 132 cm³/mol. The normalized spacial score (nSPS) is 19.1. The monoisotopic (exact) mass is 479 g/mol. The smallest absolute Gasteiger partial charge is 0.227 e. The van der Waals surface area contributed by atoms with Crippen molar-refractivity contribution in [2.45, 2.75) is 25.6 Å².